The predicted molar refractivity (Wildman–Crippen MR) is 138 cm³/mol. The molecule has 0 fully saturated rings. The topological polar surface area (TPSA) is 27.6 Å². The van der Waals surface area contributed by atoms with Gasteiger partial charge in [0, 0.05) is 12.1 Å². The van der Waals surface area contributed by atoms with Gasteiger partial charge in [0.2, 0.25) is 0 Å². The van der Waals surface area contributed by atoms with E-state index < -0.39 is 19.5 Å². The standard InChI is InChI=1S/C23H26N3P.3ClH.Cr/c1-26(2)19-18-24-23(20-12-6-3-7-13-20)25-27(21-14-8-4-9-15-21)22-16-10-5-11-17-22;;;;/h3-17H,18-19H2,1-2H3,(H,24,25);3*1H;/q;;;;+4/p-2. The normalized spacial score (nSPS) is 11.4. The Bertz CT molecular complexity index is 855. The molecule has 0 bridgehead atoms. The second-order valence-electron chi connectivity index (χ2n) is 6.81. The Labute approximate surface area is 203 Å². The Hall–Kier alpha value is -1.08. The monoisotopic (exact) mass is 533 g/mol. The van der Waals surface area contributed by atoms with Crippen LogP contribution in [0.15, 0.2) is 96.0 Å². The molecule has 0 saturated heterocycles. The molecule has 0 aliphatic heterocycles. The molecule has 3 aromatic carbocycles. The van der Waals surface area contributed by atoms with Crippen LogP contribution in [0.25, 0.3) is 0 Å². The second kappa shape index (κ2) is 14.9. The van der Waals surface area contributed by atoms with Crippen molar-refractivity contribution in [1.82, 2.24) is 9.99 Å². The SMILES string of the molecule is CN(C)CCN=C(N[PH+](c1ccccc1)c1ccccc1)c1ccccc1.[Cl][Cr+]([Cl])[Cl]. The van der Waals surface area contributed by atoms with E-state index >= 15 is 0 Å². The van der Waals surface area contributed by atoms with Crippen molar-refractivity contribution in [3.63, 3.8) is 0 Å². The average Bonchev–Trinajstić information content (AvgIpc) is 2.77. The molecule has 3 aromatic rings. The van der Waals surface area contributed by atoms with Crippen molar-refractivity contribution in [3.8, 4) is 0 Å². The van der Waals surface area contributed by atoms with Crippen LogP contribution in [0.5, 0.6) is 0 Å². The molecule has 0 aliphatic rings. The summed E-state index contributed by atoms with van der Waals surface area (Å²) in [5.74, 6) is 0.971. The Morgan fingerprint density at radius 2 is 1.23 bits per heavy atom. The van der Waals surface area contributed by atoms with Crippen molar-refractivity contribution in [2.75, 3.05) is 27.2 Å². The maximum absolute atomic E-state index is 4.93. The third-order valence-corrected chi connectivity index (χ3v) is 6.54. The van der Waals surface area contributed by atoms with E-state index in [4.69, 9.17) is 35.1 Å². The van der Waals surface area contributed by atoms with Crippen LogP contribution in [0.2, 0.25) is 0 Å². The zero-order chi connectivity index (χ0) is 22.5. The van der Waals surface area contributed by atoms with Gasteiger partial charge in [-0.15, -0.1) is 0 Å². The first-order chi connectivity index (χ1) is 15.0. The van der Waals surface area contributed by atoms with E-state index in [9.17, 15) is 0 Å². The number of nitrogens with one attached hydrogen (secondary N) is 1. The summed E-state index contributed by atoms with van der Waals surface area (Å²) < 4.78 is 0. The van der Waals surface area contributed by atoms with Crippen molar-refractivity contribution in [2.45, 2.75) is 0 Å². The third kappa shape index (κ3) is 10.4. The van der Waals surface area contributed by atoms with Gasteiger partial charge in [0.05, 0.1) is 6.54 Å². The number of hydrogen-bond donors (Lipinski definition) is 1. The molecule has 0 unspecified atom stereocenters. The quantitative estimate of drug-likeness (QED) is 0.249. The van der Waals surface area contributed by atoms with Gasteiger partial charge in [-0.25, -0.2) is 5.09 Å². The van der Waals surface area contributed by atoms with Gasteiger partial charge in [0.1, 0.15) is 10.6 Å². The predicted octanol–water partition coefficient (Wildman–Crippen LogP) is 5.43. The average molecular weight is 535 g/mol. The van der Waals surface area contributed by atoms with Gasteiger partial charge in [-0.05, 0) is 38.4 Å². The van der Waals surface area contributed by atoms with Gasteiger partial charge in [-0.1, -0.05) is 66.7 Å². The Kier molecular flexibility index (Phi) is 12.6. The number of benzene rings is 3. The molecule has 0 atom stereocenters. The first-order valence-corrected chi connectivity index (χ1v) is 16.5. The van der Waals surface area contributed by atoms with Crippen LogP contribution in [-0.2, 0) is 11.4 Å². The van der Waals surface area contributed by atoms with Crippen LogP contribution >= 0.6 is 38.2 Å². The minimum atomic E-state index is -1.62. The van der Waals surface area contributed by atoms with Crippen LogP contribution < -0.4 is 15.7 Å². The summed E-state index contributed by atoms with van der Waals surface area (Å²) in [4.78, 5) is 7.07. The van der Waals surface area contributed by atoms with E-state index in [0.29, 0.717) is 0 Å². The fraction of sp³-hybridized carbons (Fsp3) is 0.174. The molecule has 0 saturated carbocycles. The number of amidine groups is 1. The molecular weight excluding hydrogens is 508 g/mol. The van der Waals surface area contributed by atoms with Gasteiger partial charge in [-0.3, -0.25) is 4.99 Å². The Morgan fingerprint density at radius 3 is 1.65 bits per heavy atom. The Balaban J connectivity index is 0.000000785. The van der Waals surface area contributed by atoms with Crippen molar-refractivity contribution in [2.24, 2.45) is 4.99 Å². The van der Waals surface area contributed by atoms with Crippen LogP contribution in [-0.4, -0.2) is 37.9 Å². The van der Waals surface area contributed by atoms with Crippen molar-refractivity contribution in [3.05, 3.63) is 96.6 Å². The molecule has 0 amide bonds. The van der Waals surface area contributed by atoms with Gasteiger partial charge in [0.15, 0.2) is 13.9 Å². The Morgan fingerprint density at radius 1 is 0.806 bits per heavy atom. The number of aliphatic imine (C=N–C) groups is 1. The van der Waals surface area contributed by atoms with Crippen molar-refractivity contribution >= 4 is 54.7 Å². The van der Waals surface area contributed by atoms with Gasteiger partial charge < -0.3 is 4.90 Å². The second-order valence-corrected chi connectivity index (χ2v) is 15.3. The van der Waals surface area contributed by atoms with Gasteiger partial charge >= 0.3 is 41.5 Å². The maximum atomic E-state index is 4.93. The summed E-state index contributed by atoms with van der Waals surface area (Å²) in [5, 5.41) is 6.46. The molecule has 3 rings (SSSR count). The molecule has 0 aliphatic carbocycles. The fourth-order valence-electron chi connectivity index (χ4n) is 2.80. The van der Waals surface area contributed by atoms with E-state index in [1.165, 1.54) is 10.6 Å². The fourth-order valence-corrected chi connectivity index (χ4v) is 4.93. The molecule has 0 aromatic heterocycles. The minimum absolute atomic E-state index is 0.767. The number of rotatable bonds is 7. The van der Waals surface area contributed by atoms with E-state index in [2.05, 4.69) is 109 Å². The molecule has 31 heavy (non-hydrogen) atoms. The van der Waals surface area contributed by atoms with Crippen molar-refractivity contribution in [1.29, 1.82) is 0 Å². The summed E-state index contributed by atoms with van der Waals surface area (Å²) in [6.07, 6.45) is 0. The summed E-state index contributed by atoms with van der Waals surface area (Å²) in [6.45, 7) is 1.69. The zero-order valence-electron chi connectivity index (χ0n) is 17.5. The molecule has 3 nitrogen and oxygen atoms in total. The number of hydrogen-bond acceptors (Lipinski definition) is 2. The molecule has 8 heteroatoms. The first kappa shape index (κ1) is 26.2. The number of halogens is 3. The third-order valence-electron chi connectivity index (χ3n) is 4.23. The summed E-state index contributed by atoms with van der Waals surface area (Å²) in [6, 6.07) is 31.8. The van der Waals surface area contributed by atoms with E-state index in [0.717, 1.165) is 24.5 Å². The van der Waals surface area contributed by atoms with Crippen LogP contribution in [0.4, 0.5) is 0 Å². The van der Waals surface area contributed by atoms with E-state index in [1.54, 1.807) is 0 Å². The van der Waals surface area contributed by atoms with Gasteiger partial charge in [0.25, 0.3) is 0 Å². The number of nitrogens with zero attached hydrogens (tertiary/aromatic N) is 2. The molecule has 1 N–H and O–H groups in total. The first-order valence-electron chi connectivity index (χ1n) is 9.70. The van der Waals surface area contributed by atoms with E-state index in [1.807, 2.05) is 6.07 Å². The summed E-state index contributed by atoms with van der Waals surface area (Å²) >= 11 is -1.62. The molecule has 164 valence electrons. The zero-order valence-corrected chi connectivity index (χ0v) is 22.1. The van der Waals surface area contributed by atoms with Crippen molar-refractivity contribution < 1.29 is 11.4 Å². The molecule has 0 radical (unpaired) electrons. The molecular formula is C23H27Cl3CrN3P+2. The van der Waals surface area contributed by atoms with Crippen LogP contribution in [0, 0.1) is 0 Å². The van der Waals surface area contributed by atoms with Gasteiger partial charge in [-0.2, -0.15) is 0 Å². The molecule has 0 heterocycles. The number of likely N-dealkylation sites (N-methyl/N-ethyl adjacent to an activating group) is 1. The van der Waals surface area contributed by atoms with Crippen LogP contribution in [0.3, 0.4) is 0 Å². The molecule has 0 spiro atoms. The van der Waals surface area contributed by atoms with Crippen LogP contribution in [0.1, 0.15) is 5.56 Å². The summed E-state index contributed by atoms with van der Waals surface area (Å²) in [5.41, 5.74) is 1.13. The summed E-state index contributed by atoms with van der Waals surface area (Å²) in [7, 11) is 17.8. The van der Waals surface area contributed by atoms with E-state index in [-0.39, 0.29) is 0 Å².